The molecule has 0 saturated carbocycles. The van der Waals surface area contributed by atoms with E-state index < -0.39 is 5.97 Å². The zero-order valence-electron chi connectivity index (χ0n) is 9.03. The topological polar surface area (TPSA) is 49.3 Å². The third-order valence-electron chi connectivity index (χ3n) is 2.08. The van der Waals surface area contributed by atoms with Crippen LogP contribution < -0.4 is 5.32 Å². The minimum Gasteiger partial charge on any atom is -0.478 e. The number of benzene rings is 1. The molecule has 0 aromatic heterocycles. The van der Waals surface area contributed by atoms with Gasteiger partial charge in [0, 0.05) is 16.2 Å². The standard InChI is InChI=1S/C12H14BrNO2/c1-3-4-8(2)14-11-6-9(12(15)16)5-10(13)7-11/h3,5-8,14H,1,4H2,2H3,(H,15,16). The second-order valence-electron chi connectivity index (χ2n) is 3.60. The maximum atomic E-state index is 10.9. The number of nitrogens with one attached hydrogen (secondary N) is 1. The van der Waals surface area contributed by atoms with Crippen LogP contribution in [-0.4, -0.2) is 17.1 Å². The van der Waals surface area contributed by atoms with Crippen molar-refractivity contribution >= 4 is 27.6 Å². The van der Waals surface area contributed by atoms with E-state index >= 15 is 0 Å². The first-order chi connectivity index (χ1) is 7.52. The Hall–Kier alpha value is -1.29. The summed E-state index contributed by atoms with van der Waals surface area (Å²) in [5.74, 6) is -0.930. The molecule has 0 heterocycles. The van der Waals surface area contributed by atoms with Crippen LogP contribution in [0.15, 0.2) is 35.3 Å². The summed E-state index contributed by atoms with van der Waals surface area (Å²) < 4.78 is 0.751. The third kappa shape index (κ3) is 3.70. The lowest BCUT2D eigenvalue weighted by Crippen LogP contribution is -2.14. The van der Waals surface area contributed by atoms with Gasteiger partial charge in [-0.3, -0.25) is 0 Å². The maximum absolute atomic E-state index is 10.9. The van der Waals surface area contributed by atoms with Gasteiger partial charge in [0.25, 0.3) is 0 Å². The van der Waals surface area contributed by atoms with Gasteiger partial charge in [0.1, 0.15) is 0 Å². The summed E-state index contributed by atoms with van der Waals surface area (Å²) in [4.78, 5) is 10.9. The van der Waals surface area contributed by atoms with E-state index in [0.29, 0.717) is 0 Å². The van der Waals surface area contributed by atoms with E-state index in [1.165, 1.54) is 0 Å². The van der Waals surface area contributed by atoms with E-state index in [9.17, 15) is 4.79 Å². The summed E-state index contributed by atoms with van der Waals surface area (Å²) in [6.07, 6.45) is 2.66. The minimum atomic E-state index is -0.930. The highest BCUT2D eigenvalue weighted by Crippen LogP contribution is 2.20. The van der Waals surface area contributed by atoms with Crippen LogP contribution in [0.3, 0.4) is 0 Å². The lowest BCUT2D eigenvalue weighted by atomic mass is 10.1. The van der Waals surface area contributed by atoms with Gasteiger partial charge in [0.2, 0.25) is 0 Å². The summed E-state index contributed by atoms with van der Waals surface area (Å²) in [7, 11) is 0. The van der Waals surface area contributed by atoms with Crippen LogP contribution in [0.1, 0.15) is 23.7 Å². The molecule has 0 saturated heterocycles. The SMILES string of the molecule is C=CCC(C)Nc1cc(Br)cc(C(=O)O)c1. The molecule has 2 N–H and O–H groups in total. The lowest BCUT2D eigenvalue weighted by Gasteiger charge is -2.14. The Morgan fingerprint density at radius 2 is 2.31 bits per heavy atom. The number of aromatic carboxylic acids is 1. The number of hydrogen-bond donors (Lipinski definition) is 2. The zero-order chi connectivity index (χ0) is 12.1. The van der Waals surface area contributed by atoms with Crippen LogP contribution in [0.5, 0.6) is 0 Å². The zero-order valence-corrected chi connectivity index (χ0v) is 10.6. The highest BCUT2D eigenvalue weighted by molar-refractivity contribution is 9.10. The lowest BCUT2D eigenvalue weighted by molar-refractivity contribution is 0.0697. The number of carbonyl (C=O) groups is 1. The molecule has 3 nitrogen and oxygen atoms in total. The normalized spacial score (nSPS) is 11.9. The Morgan fingerprint density at radius 3 is 2.88 bits per heavy atom. The molecule has 0 aliphatic rings. The van der Waals surface area contributed by atoms with Crippen molar-refractivity contribution in [3.05, 3.63) is 40.9 Å². The molecule has 1 unspecified atom stereocenters. The number of carboxylic acids is 1. The molecule has 1 aromatic carbocycles. The fourth-order valence-corrected chi connectivity index (χ4v) is 1.88. The Balaban J connectivity index is 2.87. The maximum Gasteiger partial charge on any atom is 0.335 e. The van der Waals surface area contributed by atoms with Crippen molar-refractivity contribution in [2.45, 2.75) is 19.4 Å². The largest absolute Gasteiger partial charge is 0.478 e. The van der Waals surface area contributed by atoms with E-state index in [1.54, 1.807) is 12.1 Å². The molecule has 0 spiro atoms. The third-order valence-corrected chi connectivity index (χ3v) is 2.54. The Kier molecular flexibility index (Phi) is 4.55. The summed E-state index contributed by atoms with van der Waals surface area (Å²) in [5, 5.41) is 12.1. The van der Waals surface area contributed by atoms with Gasteiger partial charge in [0.15, 0.2) is 0 Å². The predicted molar refractivity (Wildman–Crippen MR) is 69.0 cm³/mol. The molecule has 4 heteroatoms. The average molecular weight is 284 g/mol. The highest BCUT2D eigenvalue weighted by Gasteiger charge is 2.07. The summed E-state index contributed by atoms with van der Waals surface area (Å²) in [6.45, 7) is 5.68. The Bertz CT molecular complexity index is 404. The molecule has 86 valence electrons. The number of anilines is 1. The van der Waals surface area contributed by atoms with Gasteiger partial charge in [-0.2, -0.15) is 0 Å². The number of halogens is 1. The average Bonchev–Trinajstić information content (AvgIpc) is 2.16. The Morgan fingerprint density at radius 1 is 1.62 bits per heavy atom. The molecule has 0 bridgehead atoms. The number of hydrogen-bond acceptors (Lipinski definition) is 2. The van der Waals surface area contributed by atoms with Crippen molar-refractivity contribution in [1.82, 2.24) is 0 Å². The van der Waals surface area contributed by atoms with E-state index in [2.05, 4.69) is 27.8 Å². The smallest absolute Gasteiger partial charge is 0.335 e. The van der Waals surface area contributed by atoms with Crippen molar-refractivity contribution in [3.8, 4) is 0 Å². The molecule has 1 atom stereocenters. The molecule has 0 aliphatic heterocycles. The summed E-state index contributed by atoms with van der Waals surface area (Å²) in [5.41, 5.74) is 1.06. The molecule has 0 amide bonds. The van der Waals surface area contributed by atoms with Crippen LogP contribution >= 0.6 is 15.9 Å². The van der Waals surface area contributed by atoms with Crippen LogP contribution in [0.25, 0.3) is 0 Å². The molecule has 1 aromatic rings. The van der Waals surface area contributed by atoms with Gasteiger partial charge in [-0.15, -0.1) is 6.58 Å². The molecular weight excluding hydrogens is 270 g/mol. The molecular formula is C12H14BrNO2. The first-order valence-corrected chi connectivity index (χ1v) is 5.73. The quantitative estimate of drug-likeness (QED) is 0.813. The van der Waals surface area contributed by atoms with Gasteiger partial charge in [-0.25, -0.2) is 4.79 Å². The van der Waals surface area contributed by atoms with Gasteiger partial charge in [-0.1, -0.05) is 22.0 Å². The van der Waals surface area contributed by atoms with E-state index in [-0.39, 0.29) is 11.6 Å². The first kappa shape index (κ1) is 12.8. The summed E-state index contributed by atoms with van der Waals surface area (Å²) >= 11 is 3.29. The van der Waals surface area contributed by atoms with Crippen LogP contribution in [0.2, 0.25) is 0 Å². The fraction of sp³-hybridized carbons (Fsp3) is 0.250. The van der Waals surface area contributed by atoms with Gasteiger partial charge in [-0.05, 0) is 31.5 Å². The Labute approximate surface area is 103 Å². The monoisotopic (exact) mass is 283 g/mol. The first-order valence-electron chi connectivity index (χ1n) is 4.94. The second-order valence-corrected chi connectivity index (χ2v) is 4.52. The van der Waals surface area contributed by atoms with Gasteiger partial charge < -0.3 is 10.4 Å². The number of carboxylic acid groups (broad SMARTS) is 1. The predicted octanol–water partition coefficient (Wildman–Crippen LogP) is 3.52. The van der Waals surface area contributed by atoms with Crippen LogP contribution in [-0.2, 0) is 0 Å². The van der Waals surface area contributed by atoms with Crippen molar-refractivity contribution < 1.29 is 9.90 Å². The molecule has 0 fully saturated rings. The van der Waals surface area contributed by atoms with Crippen LogP contribution in [0.4, 0.5) is 5.69 Å². The van der Waals surface area contributed by atoms with Crippen LogP contribution in [0, 0.1) is 0 Å². The van der Waals surface area contributed by atoms with Crippen molar-refractivity contribution in [1.29, 1.82) is 0 Å². The molecule has 16 heavy (non-hydrogen) atoms. The minimum absolute atomic E-state index is 0.230. The van der Waals surface area contributed by atoms with Crippen molar-refractivity contribution in [3.63, 3.8) is 0 Å². The fourth-order valence-electron chi connectivity index (χ4n) is 1.39. The van der Waals surface area contributed by atoms with Crippen molar-refractivity contribution in [2.24, 2.45) is 0 Å². The molecule has 0 radical (unpaired) electrons. The highest BCUT2D eigenvalue weighted by atomic mass is 79.9. The molecule has 1 rings (SSSR count). The summed E-state index contributed by atoms with van der Waals surface area (Å²) in [6, 6.07) is 5.28. The molecule has 0 aliphatic carbocycles. The van der Waals surface area contributed by atoms with E-state index in [1.807, 2.05) is 19.1 Å². The second kappa shape index (κ2) is 5.70. The van der Waals surface area contributed by atoms with Gasteiger partial charge in [0.05, 0.1) is 5.56 Å². The van der Waals surface area contributed by atoms with E-state index in [0.717, 1.165) is 16.6 Å². The van der Waals surface area contributed by atoms with E-state index in [4.69, 9.17) is 5.11 Å². The van der Waals surface area contributed by atoms with Crippen molar-refractivity contribution in [2.75, 3.05) is 5.32 Å². The number of rotatable bonds is 5. The van der Waals surface area contributed by atoms with Gasteiger partial charge >= 0.3 is 5.97 Å².